The van der Waals surface area contributed by atoms with E-state index in [-0.39, 0.29) is 5.91 Å². The van der Waals surface area contributed by atoms with Gasteiger partial charge < -0.3 is 15.5 Å². The first-order valence-electron chi connectivity index (χ1n) is 5.20. The van der Waals surface area contributed by atoms with E-state index in [1.807, 2.05) is 19.1 Å². The molecule has 2 heterocycles. The predicted octanol–water partition coefficient (Wildman–Crippen LogP) is 1.50. The van der Waals surface area contributed by atoms with E-state index < -0.39 is 0 Å². The van der Waals surface area contributed by atoms with E-state index >= 15 is 0 Å². The van der Waals surface area contributed by atoms with Crippen molar-refractivity contribution < 1.29 is 9.21 Å². The van der Waals surface area contributed by atoms with Gasteiger partial charge in [0.2, 0.25) is 0 Å². The molecule has 0 aliphatic heterocycles. The van der Waals surface area contributed by atoms with Crippen molar-refractivity contribution in [3.8, 4) is 0 Å². The van der Waals surface area contributed by atoms with Crippen LogP contribution < -0.4 is 11.1 Å². The number of nitrogens with two attached hydrogens (primary N) is 1. The number of furan rings is 1. The second-order valence-electron chi connectivity index (χ2n) is 3.67. The molecule has 0 bridgehead atoms. The maximum absolute atomic E-state index is 11.7. The van der Waals surface area contributed by atoms with Crippen molar-refractivity contribution in [1.82, 2.24) is 10.3 Å². The van der Waals surface area contributed by atoms with Gasteiger partial charge in [-0.2, -0.15) is 0 Å². The Hall–Kier alpha value is -2.30. The smallest absolute Gasteiger partial charge is 0.253 e. The van der Waals surface area contributed by atoms with Crippen LogP contribution in [0.3, 0.4) is 0 Å². The quantitative estimate of drug-likeness (QED) is 0.838. The highest BCUT2D eigenvalue weighted by molar-refractivity contribution is 5.93. The summed E-state index contributed by atoms with van der Waals surface area (Å²) >= 11 is 0. The lowest BCUT2D eigenvalue weighted by Gasteiger charge is -2.03. The number of aromatic nitrogens is 1. The van der Waals surface area contributed by atoms with Gasteiger partial charge in [-0.3, -0.25) is 4.79 Å². The Kier molecular flexibility index (Phi) is 3.09. The molecule has 0 saturated heterocycles. The standard InChI is InChI=1S/C12H13N3O2/c1-8-2-4-10(17-8)7-15-12(16)9-3-5-11(13)14-6-9/h2-6H,7H2,1H3,(H2,13,14)(H,15,16). The molecule has 0 atom stereocenters. The first-order chi connectivity index (χ1) is 8.15. The maximum atomic E-state index is 11.7. The molecule has 5 heteroatoms. The lowest BCUT2D eigenvalue weighted by Crippen LogP contribution is -2.22. The monoisotopic (exact) mass is 231 g/mol. The van der Waals surface area contributed by atoms with Crippen LogP contribution in [0.1, 0.15) is 21.9 Å². The summed E-state index contributed by atoms with van der Waals surface area (Å²) in [6.45, 7) is 2.21. The molecule has 0 fully saturated rings. The molecule has 1 amide bonds. The number of pyridine rings is 1. The zero-order valence-electron chi connectivity index (χ0n) is 9.43. The third-order valence-corrected chi connectivity index (χ3v) is 2.27. The number of nitrogen functional groups attached to an aromatic ring is 1. The molecule has 17 heavy (non-hydrogen) atoms. The summed E-state index contributed by atoms with van der Waals surface area (Å²) in [5, 5.41) is 2.73. The number of carbonyl (C=O) groups excluding carboxylic acids is 1. The van der Waals surface area contributed by atoms with E-state index in [1.165, 1.54) is 6.20 Å². The summed E-state index contributed by atoms with van der Waals surface area (Å²) in [5.74, 6) is 1.73. The van der Waals surface area contributed by atoms with E-state index in [9.17, 15) is 4.79 Å². The molecule has 0 spiro atoms. The Morgan fingerprint density at radius 1 is 1.41 bits per heavy atom. The number of carbonyl (C=O) groups is 1. The van der Waals surface area contributed by atoms with E-state index in [1.54, 1.807) is 12.1 Å². The van der Waals surface area contributed by atoms with Crippen LogP contribution in [-0.4, -0.2) is 10.9 Å². The SMILES string of the molecule is Cc1ccc(CNC(=O)c2ccc(N)nc2)o1. The average Bonchev–Trinajstić information content (AvgIpc) is 2.73. The molecule has 3 N–H and O–H groups in total. The molecular formula is C12H13N3O2. The van der Waals surface area contributed by atoms with Crippen molar-refractivity contribution in [3.63, 3.8) is 0 Å². The summed E-state index contributed by atoms with van der Waals surface area (Å²) in [4.78, 5) is 15.6. The van der Waals surface area contributed by atoms with Gasteiger partial charge in [-0.25, -0.2) is 4.98 Å². The number of hydrogen-bond acceptors (Lipinski definition) is 4. The van der Waals surface area contributed by atoms with Crippen LogP contribution in [0.25, 0.3) is 0 Å². The lowest BCUT2D eigenvalue weighted by molar-refractivity contribution is 0.0947. The number of hydrogen-bond donors (Lipinski definition) is 2. The average molecular weight is 231 g/mol. The maximum Gasteiger partial charge on any atom is 0.253 e. The zero-order chi connectivity index (χ0) is 12.3. The fraction of sp³-hybridized carbons (Fsp3) is 0.167. The van der Waals surface area contributed by atoms with Crippen LogP contribution in [0.2, 0.25) is 0 Å². The number of anilines is 1. The number of nitrogens with zero attached hydrogens (tertiary/aromatic N) is 1. The van der Waals surface area contributed by atoms with Gasteiger partial charge >= 0.3 is 0 Å². The van der Waals surface area contributed by atoms with Crippen LogP contribution in [0.4, 0.5) is 5.82 Å². The van der Waals surface area contributed by atoms with Crippen LogP contribution in [0, 0.1) is 6.92 Å². The van der Waals surface area contributed by atoms with Gasteiger partial charge in [-0.05, 0) is 31.2 Å². The third kappa shape index (κ3) is 2.84. The largest absolute Gasteiger partial charge is 0.465 e. The first-order valence-corrected chi connectivity index (χ1v) is 5.20. The van der Waals surface area contributed by atoms with Crippen LogP contribution in [-0.2, 0) is 6.54 Å². The van der Waals surface area contributed by atoms with E-state index in [4.69, 9.17) is 10.2 Å². The minimum atomic E-state index is -0.202. The van der Waals surface area contributed by atoms with Gasteiger partial charge in [-0.1, -0.05) is 0 Å². The van der Waals surface area contributed by atoms with Crippen LogP contribution >= 0.6 is 0 Å². The molecular weight excluding hydrogens is 218 g/mol. The molecule has 0 saturated carbocycles. The molecule has 0 radical (unpaired) electrons. The molecule has 88 valence electrons. The minimum Gasteiger partial charge on any atom is -0.465 e. The number of nitrogens with one attached hydrogen (secondary N) is 1. The highest BCUT2D eigenvalue weighted by Crippen LogP contribution is 2.06. The third-order valence-electron chi connectivity index (χ3n) is 2.27. The zero-order valence-corrected chi connectivity index (χ0v) is 9.43. The summed E-state index contributed by atoms with van der Waals surface area (Å²) in [7, 11) is 0. The molecule has 5 nitrogen and oxygen atoms in total. The highest BCUT2D eigenvalue weighted by atomic mass is 16.3. The minimum absolute atomic E-state index is 0.202. The van der Waals surface area contributed by atoms with Gasteiger partial charge in [0.15, 0.2) is 0 Å². The van der Waals surface area contributed by atoms with Gasteiger partial charge in [-0.15, -0.1) is 0 Å². The van der Waals surface area contributed by atoms with Crippen molar-refractivity contribution in [3.05, 3.63) is 47.5 Å². The summed E-state index contributed by atoms with van der Waals surface area (Å²) in [5.41, 5.74) is 5.91. The van der Waals surface area contributed by atoms with Crippen molar-refractivity contribution in [2.24, 2.45) is 0 Å². The fourth-order valence-electron chi connectivity index (χ4n) is 1.39. The normalized spacial score (nSPS) is 10.2. The molecule has 0 aliphatic rings. The molecule has 2 aromatic heterocycles. The topological polar surface area (TPSA) is 81.2 Å². The predicted molar refractivity (Wildman–Crippen MR) is 63.3 cm³/mol. The number of rotatable bonds is 3. The second-order valence-corrected chi connectivity index (χ2v) is 3.67. The van der Waals surface area contributed by atoms with Gasteiger partial charge in [0.1, 0.15) is 17.3 Å². The molecule has 2 aromatic rings. The summed E-state index contributed by atoms with van der Waals surface area (Å²) in [6, 6.07) is 6.90. The Labute approximate surface area is 98.6 Å². The number of aryl methyl sites for hydroxylation is 1. The number of amides is 1. The van der Waals surface area contributed by atoms with Crippen LogP contribution in [0.5, 0.6) is 0 Å². The van der Waals surface area contributed by atoms with Crippen LogP contribution in [0.15, 0.2) is 34.9 Å². The fourth-order valence-corrected chi connectivity index (χ4v) is 1.39. The molecule has 0 aromatic carbocycles. The van der Waals surface area contributed by atoms with Gasteiger partial charge in [0.25, 0.3) is 5.91 Å². The second kappa shape index (κ2) is 4.69. The van der Waals surface area contributed by atoms with Crippen molar-refractivity contribution in [2.75, 3.05) is 5.73 Å². The summed E-state index contributed by atoms with van der Waals surface area (Å²) in [6.07, 6.45) is 1.44. The Bertz CT molecular complexity index is 517. The molecule has 0 aliphatic carbocycles. The highest BCUT2D eigenvalue weighted by Gasteiger charge is 2.06. The Morgan fingerprint density at radius 3 is 2.82 bits per heavy atom. The Balaban J connectivity index is 1.95. The van der Waals surface area contributed by atoms with Gasteiger partial charge in [0.05, 0.1) is 12.1 Å². The van der Waals surface area contributed by atoms with E-state index in [0.29, 0.717) is 17.9 Å². The van der Waals surface area contributed by atoms with E-state index in [2.05, 4.69) is 10.3 Å². The van der Waals surface area contributed by atoms with Crippen molar-refractivity contribution in [2.45, 2.75) is 13.5 Å². The summed E-state index contributed by atoms with van der Waals surface area (Å²) < 4.78 is 5.34. The van der Waals surface area contributed by atoms with Crippen molar-refractivity contribution >= 4 is 11.7 Å². The van der Waals surface area contributed by atoms with Gasteiger partial charge in [0, 0.05) is 6.20 Å². The van der Waals surface area contributed by atoms with E-state index in [0.717, 1.165) is 11.5 Å². The molecule has 2 rings (SSSR count). The lowest BCUT2D eigenvalue weighted by atomic mass is 10.2. The molecule has 0 unspecified atom stereocenters. The first kappa shape index (κ1) is 11.2. The Morgan fingerprint density at radius 2 is 2.24 bits per heavy atom. The van der Waals surface area contributed by atoms with Crippen molar-refractivity contribution in [1.29, 1.82) is 0 Å².